The Morgan fingerprint density at radius 1 is 1.46 bits per heavy atom. The topological polar surface area (TPSA) is 38.4 Å². The minimum absolute atomic E-state index is 0.361. The van der Waals surface area contributed by atoms with Crippen molar-refractivity contribution in [2.45, 2.75) is 13.0 Å². The molecule has 0 aliphatic heterocycles. The van der Waals surface area contributed by atoms with Crippen LogP contribution in [-0.4, -0.2) is 12.9 Å². The highest BCUT2D eigenvalue weighted by Crippen LogP contribution is 2.12. The molecule has 0 saturated heterocycles. The fourth-order valence-electron chi connectivity index (χ4n) is 0.982. The zero-order valence-electron chi connectivity index (χ0n) is 7.41. The maximum Gasteiger partial charge on any atom is 0.0943 e. The molecule has 0 bridgehead atoms. The molecule has 1 aromatic carbocycles. The van der Waals surface area contributed by atoms with Gasteiger partial charge in [0.1, 0.15) is 0 Å². The molecule has 1 aromatic rings. The van der Waals surface area contributed by atoms with Gasteiger partial charge in [-0.25, -0.2) is 0 Å². The third-order valence-electron chi connectivity index (χ3n) is 1.62. The lowest BCUT2D eigenvalue weighted by molar-refractivity contribution is 0.511. The molecule has 0 amide bonds. The molecule has 0 unspecified atom stereocenters. The number of alkyl halides is 1. The Morgan fingerprint density at radius 3 is 3.00 bits per heavy atom. The van der Waals surface area contributed by atoms with E-state index in [9.17, 15) is 4.39 Å². The van der Waals surface area contributed by atoms with Gasteiger partial charge >= 0.3 is 0 Å². The summed E-state index contributed by atoms with van der Waals surface area (Å²) in [6.07, 6.45) is 1.95. The number of rotatable bonds is 4. The maximum atomic E-state index is 11.7. The molecule has 70 valence electrons. The number of nitrogens with two attached hydrogens (primary N) is 1. The lowest BCUT2D eigenvalue weighted by Gasteiger charge is -1.97. The van der Waals surface area contributed by atoms with Crippen molar-refractivity contribution in [3.8, 4) is 0 Å². The molecule has 2 nitrogen and oxygen atoms in total. The molecule has 0 saturated carbocycles. The molecule has 1 rings (SSSR count). The van der Waals surface area contributed by atoms with E-state index < -0.39 is 0 Å². The number of aliphatic imine (C=N–C) groups is 1. The molecule has 0 aliphatic carbocycles. The molecule has 0 heterocycles. The van der Waals surface area contributed by atoms with Crippen LogP contribution in [0.3, 0.4) is 0 Å². The van der Waals surface area contributed by atoms with Gasteiger partial charge in [-0.2, -0.15) is 0 Å². The monoisotopic (exact) mass is 180 g/mol. The second-order valence-corrected chi connectivity index (χ2v) is 2.66. The van der Waals surface area contributed by atoms with Crippen molar-refractivity contribution < 1.29 is 4.39 Å². The summed E-state index contributed by atoms with van der Waals surface area (Å²) in [5.41, 5.74) is 7.33. The van der Waals surface area contributed by atoms with Gasteiger partial charge in [0, 0.05) is 19.2 Å². The Labute approximate surface area is 77.3 Å². The number of hydrogen-bond donors (Lipinski definition) is 1. The van der Waals surface area contributed by atoms with E-state index in [1.54, 1.807) is 6.21 Å². The Morgan fingerprint density at radius 2 is 2.31 bits per heavy atom. The molecule has 0 aliphatic rings. The lowest BCUT2D eigenvalue weighted by atomic mass is 10.2. The van der Waals surface area contributed by atoms with E-state index in [0.717, 1.165) is 11.3 Å². The first-order valence-electron chi connectivity index (χ1n) is 4.24. The zero-order valence-corrected chi connectivity index (χ0v) is 7.41. The largest absolute Gasteiger partial charge is 0.326 e. The summed E-state index contributed by atoms with van der Waals surface area (Å²) < 4.78 is 11.7. The Kier molecular flexibility index (Phi) is 4.12. The summed E-state index contributed by atoms with van der Waals surface area (Å²) in [5.74, 6) is 0. The van der Waals surface area contributed by atoms with Crippen LogP contribution in [0.5, 0.6) is 0 Å². The normalized spacial score (nSPS) is 10.9. The first-order valence-corrected chi connectivity index (χ1v) is 4.24. The van der Waals surface area contributed by atoms with Crippen molar-refractivity contribution in [2.24, 2.45) is 10.7 Å². The van der Waals surface area contributed by atoms with Gasteiger partial charge in [-0.3, -0.25) is 9.38 Å². The quantitative estimate of drug-likeness (QED) is 0.709. The Balaban J connectivity index is 2.66. The second kappa shape index (κ2) is 5.43. The van der Waals surface area contributed by atoms with E-state index in [0.29, 0.717) is 13.0 Å². The molecule has 0 spiro atoms. The number of nitrogens with zero attached hydrogens (tertiary/aromatic N) is 1. The fourth-order valence-corrected chi connectivity index (χ4v) is 0.982. The lowest BCUT2D eigenvalue weighted by Crippen LogP contribution is -1.94. The van der Waals surface area contributed by atoms with Crippen LogP contribution in [0.15, 0.2) is 29.3 Å². The number of benzene rings is 1. The van der Waals surface area contributed by atoms with Gasteiger partial charge in [-0.1, -0.05) is 12.1 Å². The number of hydrogen-bond acceptors (Lipinski definition) is 2. The van der Waals surface area contributed by atoms with Crippen molar-refractivity contribution in [3.63, 3.8) is 0 Å². The Bertz CT molecular complexity index is 284. The van der Waals surface area contributed by atoms with Gasteiger partial charge in [-0.05, 0) is 17.7 Å². The molecular weight excluding hydrogens is 167 g/mol. The average Bonchev–Trinajstić information content (AvgIpc) is 2.19. The van der Waals surface area contributed by atoms with Crippen LogP contribution in [-0.2, 0) is 6.54 Å². The van der Waals surface area contributed by atoms with E-state index in [1.165, 1.54) is 0 Å². The maximum absolute atomic E-state index is 11.7. The van der Waals surface area contributed by atoms with Crippen LogP contribution in [0.25, 0.3) is 0 Å². The second-order valence-electron chi connectivity index (χ2n) is 2.66. The van der Waals surface area contributed by atoms with E-state index in [4.69, 9.17) is 5.73 Å². The van der Waals surface area contributed by atoms with Crippen LogP contribution in [0, 0.1) is 0 Å². The standard InChI is InChI=1S/C10H13FN2/c11-5-2-6-13-10-4-1-3-9(7-10)8-12/h1,3-4,6-7H,2,5,8,12H2. The minimum Gasteiger partial charge on any atom is -0.326 e. The fraction of sp³-hybridized carbons (Fsp3) is 0.300. The van der Waals surface area contributed by atoms with Crippen LogP contribution >= 0.6 is 0 Å². The van der Waals surface area contributed by atoms with E-state index in [-0.39, 0.29) is 6.67 Å². The summed E-state index contributed by atoms with van der Waals surface area (Å²) in [5, 5.41) is 0. The number of halogens is 1. The van der Waals surface area contributed by atoms with Crippen LogP contribution < -0.4 is 5.73 Å². The van der Waals surface area contributed by atoms with E-state index >= 15 is 0 Å². The predicted octanol–water partition coefficient (Wildman–Crippen LogP) is 2.21. The zero-order chi connectivity index (χ0) is 9.52. The SMILES string of the molecule is NCc1cccc(N=CCCF)c1. The average molecular weight is 180 g/mol. The molecule has 0 fully saturated rings. The van der Waals surface area contributed by atoms with E-state index in [1.807, 2.05) is 24.3 Å². The van der Waals surface area contributed by atoms with Crippen molar-refractivity contribution in [2.75, 3.05) is 6.67 Å². The van der Waals surface area contributed by atoms with Crippen LogP contribution in [0.1, 0.15) is 12.0 Å². The van der Waals surface area contributed by atoms with Crippen LogP contribution in [0.2, 0.25) is 0 Å². The minimum atomic E-state index is -0.361. The van der Waals surface area contributed by atoms with Crippen LogP contribution in [0.4, 0.5) is 10.1 Å². The molecule has 0 atom stereocenters. The van der Waals surface area contributed by atoms with Crippen molar-refractivity contribution >= 4 is 11.9 Å². The van der Waals surface area contributed by atoms with Gasteiger partial charge in [0.15, 0.2) is 0 Å². The van der Waals surface area contributed by atoms with Gasteiger partial charge in [0.25, 0.3) is 0 Å². The highest BCUT2D eigenvalue weighted by Gasteiger charge is 1.90. The Hall–Kier alpha value is -1.22. The van der Waals surface area contributed by atoms with Gasteiger partial charge in [0.05, 0.1) is 12.4 Å². The predicted molar refractivity (Wildman–Crippen MR) is 53.1 cm³/mol. The molecule has 2 N–H and O–H groups in total. The van der Waals surface area contributed by atoms with Crippen molar-refractivity contribution in [3.05, 3.63) is 29.8 Å². The first-order chi connectivity index (χ1) is 6.36. The highest BCUT2D eigenvalue weighted by atomic mass is 19.1. The molecule has 0 radical (unpaired) electrons. The first kappa shape index (κ1) is 9.86. The summed E-state index contributed by atoms with van der Waals surface area (Å²) in [4.78, 5) is 4.08. The molecular formula is C10H13FN2. The highest BCUT2D eigenvalue weighted by molar-refractivity contribution is 5.63. The van der Waals surface area contributed by atoms with E-state index in [2.05, 4.69) is 4.99 Å². The third kappa shape index (κ3) is 3.34. The molecule has 0 aromatic heterocycles. The summed E-state index contributed by atoms with van der Waals surface area (Å²) >= 11 is 0. The smallest absolute Gasteiger partial charge is 0.0943 e. The summed E-state index contributed by atoms with van der Waals surface area (Å²) in [6.45, 7) is 0.145. The summed E-state index contributed by atoms with van der Waals surface area (Å²) in [6, 6.07) is 7.60. The van der Waals surface area contributed by atoms with Gasteiger partial charge in [0.2, 0.25) is 0 Å². The summed E-state index contributed by atoms with van der Waals surface area (Å²) in [7, 11) is 0. The third-order valence-corrected chi connectivity index (χ3v) is 1.62. The van der Waals surface area contributed by atoms with Gasteiger partial charge in [-0.15, -0.1) is 0 Å². The molecule has 13 heavy (non-hydrogen) atoms. The van der Waals surface area contributed by atoms with Crippen molar-refractivity contribution in [1.82, 2.24) is 0 Å². The molecule has 3 heteroatoms. The van der Waals surface area contributed by atoms with Crippen molar-refractivity contribution in [1.29, 1.82) is 0 Å². The van der Waals surface area contributed by atoms with Gasteiger partial charge < -0.3 is 5.73 Å².